The molecule has 0 saturated carbocycles. The number of methoxy groups -OCH3 is 1. The van der Waals surface area contributed by atoms with E-state index in [4.69, 9.17) is 4.74 Å². The minimum absolute atomic E-state index is 0.00555. The lowest BCUT2D eigenvalue weighted by atomic mass is 9.91. The molecule has 174 valence electrons. The zero-order valence-electron chi connectivity index (χ0n) is 18.6. The lowest BCUT2D eigenvalue weighted by molar-refractivity contribution is -0.132. The van der Waals surface area contributed by atoms with E-state index in [1.807, 2.05) is 53.4 Å². The van der Waals surface area contributed by atoms with Crippen molar-refractivity contribution in [2.45, 2.75) is 25.5 Å². The molecule has 4 aromatic rings. The van der Waals surface area contributed by atoms with Gasteiger partial charge in [0.2, 0.25) is 5.91 Å². The number of hydrogen-bond donors (Lipinski definition) is 1. The minimum Gasteiger partial charge on any atom is -0.497 e. The van der Waals surface area contributed by atoms with Gasteiger partial charge < -0.3 is 19.4 Å². The molecule has 1 aliphatic heterocycles. The monoisotopic (exact) mass is 462 g/mol. The standard InChI is InChI=1S/C27H24F2N2O3/c1-33-20-11-12-23-22(16-20)21-13-14-31(24(32)15-17-5-3-2-4-6-17)26(25(21)30-23)18-7-9-19(10-8-18)34-27(28)29/h2-12,16,26-27,30H,13-15H2,1H3/t26-/m0/s1. The zero-order valence-corrected chi connectivity index (χ0v) is 18.6. The molecular weight excluding hydrogens is 438 g/mol. The average Bonchev–Trinajstić information content (AvgIpc) is 3.22. The van der Waals surface area contributed by atoms with E-state index < -0.39 is 6.61 Å². The van der Waals surface area contributed by atoms with Gasteiger partial charge in [0.15, 0.2) is 0 Å². The van der Waals surface area contributed by atoms with Crippen LogP contribution in [-0.4, -0.2) is 36.1 Å². The second-order valence-corrected chi connectivity index (χ2v) is 8.28. The molecule has 5 nitrogen and oxygen atoms in total. The number of carbonyl (C=O) groups excluding carboxylic acids is 1. The molecule has 0 aliphatic carbocycles. The van der Waals surface area contributed by atoms with Gasteiger partial charge in [-0.1, -0.05) is 42.5 Å². The first-order chi connectivity index (χ1) is 16.5. The highest BCUT2D eigenvalue weighted by Gasteiger charge is 2.34. The summed E-state index contributed by atoms with van der Waals surface area (Å²) in [5.41, 5.74) is 4.79. The molecule has 1 amide bonds. The third kappa shape index (κ3) is 4.21. The minimum atomic E-state index is -2.89. The fourth-order valence-electron chi connectivity index (χ4n) is 4.71. The summed E-state index contributed by atoms with van der Waals surface area (Å²) in [6.45, 7) is -2.34. The molecule has 1 aliphatic rings. The van der Waals surface area contributed by atoms with E-state index in [-0.39, 0.29) is 24.1 Å². The Balaban J connectivity index is 1.56. The van der Waals surface area contributed by atoms with Crippen LogP contribution in [0.3, 0.4) is 0 Å². The van der Waals surface area contributed by atoms with E-state index in [2.05, 4.69) is 9.72 Å². The van der Waals surface area contributed by atoms with Gasteiger partial charge >= 0.3 is 6.61 Å². The molecule has 2 heterocycles. The van der Waals surface area contributed by atoms with Crippen LogP contribution in [-0.2, 0) is 17.6 Å². The predicted molar refractivity (Wildman–Crippen MR) is 125 cm³/mol. The summed E-state index contributed by atoms with van der Waals surface area (Å²) in [5, 5.41) is 1.06. The number of aromatic amines is 1. The van der Waals surface area contributed by atoms with Gasteiger partial charge in [0.05, 0.1) is 19.6 Å². The van der Waals surface area contributed by atoms with Crippen LogP contribution in [0, 0.1) is 0 Å². The van der Waals surface area contributed by atoms with Crippen LogP contribution in [0.25, 0.3) is 10.9 Å². The highest BCUT2D eigenvalue weighted by atomic mass is 19.3. The summed E-state index contributed by atoms with van der Waals surface area (Å²) in [6.07, 6.45) is 0.986. The van der Waals surface area contributed by atoms with E-state index >= 15 is 0 Å². The molecule has 1 aromatic heterocycles. The maximum absolute atomic E-state index is 13.5. The molecule has 1 atom stereocenters. The summed E-state index contributed by atoms with van der Waals surface area (Å²) >= 11 is 0. The number of amides is 1. The topological polar surface area (TPSA) is 54.6 Å². The summed E-state index contributed by atoms with van der Waals surface area (Å²) in [5.74, 6) is 0.853. The fourth-order valence-corrected chi connectivity index (χ4v) is 4.71. The maximum atomic E-state index is 13.5. The van der Waals surface area contributed by atoms with Gasteiger partial charge in [0.1, 0.15) is 11.5 Å². The molecule has 0 radical (unpaired) electrons. The lowest BCUT2D eigenvalue weighted by Crippen LogP contribution is -2.41. The third-order valence-electron chi connectivity index (χ3n) is 6.27. The van der Waals surface area contributed by atoms with Crippen LogP contribution in [0.4, 0.5) is 8.78 Å². The predicted octanol–water partition coefficient (Wildman–Crippen LogP) is 5.49. The van der Waals surface area contributed by atoms with Gasteiger partial charge in [0, 0.05) is 23.1 Å². The van der Waals surface area contributed by atoms with Crippen molar-refractivity contribution in [3.8, 4) is 11.5 Å². The normalized spacial score (nSPS) is 15.4. The van der Waals surface area contributed by atoms with Crippen molar-refractivity contribution >= 4 is 16.8 Å². The van der Waals surface area contributed by atoms with Crippen molar-refractivity contribution in [1.29, 1.82) is 0 Å². The number of carbonyl (C=O) groups is 1. The second-order valence-electron chi connectivity index (χ2n) is 8.28. The molecule has 34 heavy (non-hydrogen) atoms. The molecule has 0 spiro atoms. The Hall–Kier alpha value is -3.87. The fraction of sp³-hybridized carbons (Fsp3) is 0.222. The van der Waals surface area contributed by atoms with Crippen LogP contribution in [0.15, 0.2) is 72.8 Å². The van der Waals surface area contributed by atoms with Gasteiger partial charge in [0.25, 0.3) is 0 Å². The van der Waals surface area contributed by atoms with Crippen molar-refractivity contribution in [3.05, 3.63) is 95.2 Å². The van der Waals surface area contributed by atoms with Crippen LogP contribution in [0.1, 0.15) is 28.4 Å². The highest BCUT2D eigenvalue weighted by Crippen LogP contribution is 2.40. The molecular formula is C27H24F2N2O3. The Morgan fingerprint density at radius 1 is 1.06 bits per heavy atom. The smallest absolute Gasteiger partial charge is 0.387 e. The number of aromatic nitrogens is 1. The quantitative estimate of drug-likeness (QED) is 0.412. The van der Waals surface area contributed by atoms with E-state index in [0.29, 0.717) is 13.0 Å². The number of H-pyrrole nitrogens is 1. The second kappa shape index (κ2) is 9.17. The van der Waals surface area contributed by atoms with Gasteiger partial charge in [-0.05, 0) is 53.4 Å². The summed E-state index contributed by atoms with van der Waals surface area (Å²) < 4.78 is 35.2. The van der Waals surface area contributed by atoms with Crippen molar-refractivity contribution < 1.29 is 23.0 Å². The first kappa shape index (κ1) is 21.9. The highest BCUT2D eigenvalue weighted by molar-refractivity contribution is 5.88. The molecule has 5 rings (SSSR count). The summed E-state index contributed by atoms with van der Waals surface area (Å²) in [4.78, 5) is 18.8. The maximum Gasteiger partial charge on any atom is 0.387 e. The Morgan fingerprint density at radius 2 is 1.79 bits per heavy atom. The van der Waals surface area contributed by atoms with Gasteiger partial charge in [-0.15, -0.1) is 0 Å². The van der Waals surface area contributed by atoms with Crippen LogP contribution in [0.2, 0.25) is 0 Å². The molecule has 0 fully saturated rings. The van der Waals surface area contributed by atoms with Gasteiger partial charge in [-0.3, -0.25) is 4.79 Å². The SMILES string of the molecule is COc1ccc2[nH]c3c(c2c1)CCN(C(=O)Cc1ccccc1)[C@H]3c1ccc(OC(F)F)cc1. The van der Waals surface area contributed by atoms with E-state index in [9.17, 15) is 13.6 Å². The Bertz CT molecular complexity index is 1300. The Labute approximate surface area is 195 Å². The molecule has 0 bridgehead atoms. The van der Waals surface area contributed by atoms with E-state index in [1.54, 1.807) is 19.2 Å². The number of rotatable bonds is 6. The molecule has 7 heteroatoms. The van der Waals surface area contributed by atoms with Crippen molar-refractivity contribution in [3.63, 3.8) is 0 Å². The average molecular weight is 462 g/mol. The molecule has 3 aromatic carbocycles. The van der Waals surface area contributed by atoms with Crippen LogP contribution in [0.5, 0.6) is 11.5 Å². The number of nitrogens with one attached hydrogen (secondary N) is 1. The van der Waals surface area contributed by atoms with Gasteiger partial charge in [-0.2, -0.15) is 8.78 Å². The van der Waals surface area contributed by atoms with Crippen LogP contribution >= 0.6 is 0 Å². The molecule has 1 N–H and O–H groups in total. The first-order valence-corrected chi connectivity index (χ1v) is 11.1. The number of fused-ring (bicyclic) bond motifs is 3. The van der Waals surface area contributed by atoms with Gasteiger partial charge in [-0.25, -0.2) is 0 Å². The zero-order chi connectivity index (χ0) is 23.7. The van der Waals surface area contributed by atoms with Crippen molar-refractivity contribution in [1.82, 2.24) is 9.88 Å². The number of alkyl halides is 2. The summed E-state index contributed by atoms with van der Waals surface area (Å²) in [7, 11) is 1.64. The van der Waals surface area contributed by atoms with Crippen molar-refractivity contribution in [2.75, 3.05) is 13.7 Å². The number of halogens is 2. The number of hydrogen-bond acceptors (Lipinski definition) is 3. The lowest BCUT2D eigenvalue weighted by Gasteiger charge is -2.36. The Kier molecular flexibility index (Phi) is 5.92. The molecule has 0 unspecified atom stereocenters. The Morgan fingerprint density at radius 3 is 2.50 bits per heavy atom. The van der Waals surface area contributed by atoms with E-state index in [0.717, 1.165) is 39.0 Å². The largest absolute Gasteiger partial charge is 0.497 e. The van der Waals surface area contributed by atoms with Crippen LogP contribution < -0.4 is 9.47 Å². The first-order valence-electron chi connectivity index (χ1n) is 11.1. The van der Waals surface area contributed by atoms with E-state index in [1.165, 1.54) is 12.1 Å². The third-order valence-corrected chi connectivity index (χ3v) is 6.27. The number of ether oxygens (including phenoxy) is 2. The summed E-state index contributed by atoms with van der Waals surface area (Å²) in [6, 6.07) is 21.6. The molecule has 0 saturated heterocycles. The number of nitrogens with zero attached hydrogens (tertiary/aromatic N) is 1. The van der Waals surface area contributed by atoms with Crippen molar-refractivity contribution in [2.24, 2.45) is 0 Å². The number of benzene rings is 3.